The maximum absolute atomic E-state index is 12.0. The average molecular weight is 220 g/mol. The second kappa shape index (κ2) is 3.96. The standard InChI is InChI=1S/C12H12O4/c1-7-4-3-5-8-10(13)9(12(14)15-2)6-16-11(7)8/h3-5,9H,6H2,1-2H3. The van der Waals surface area contributed by atoms with Gasteiger partial charge in [-0.25, -0.2) is 0 Å². The first-order valence-corrected chi connectivity index (χ1v) is 4.99. The summed E-state index contributed by atoms with van der Waals surface area (Å²) < 4.78 is 10.0. The molecule has 84 valence electrons. The van der Waals surface area contributed by atoms with Crippen LogP contribution in [0.4, 0.5) is 0 Å². The monoisotopic (exact) mass is 220 g/mol. The first-order chi connectivity index (χ1) is 7.65. The van der Waals surface area contributed by atoms with E-state index in [2.05, 4.69) is 4.74 Å². The summed E-state index contributed by atoms with van der Waals surface area (Å²) in [5.74, 6) is -1.03. The van der Waals surface area contributed by atoms with E-state index in [1.165, 1.54) is 7.11 Å². The molecule has 4 heteroatoms. The molecule has 0 N–H and O–H groups in total. The van der Waals surface area contributed by atoms with Crippen molar-refractivity contribution in [1.29, 1.82) is 0 Å². The van der Waals surface area contributed by atoms with Gasteiger partial charge in [0.25, 0.3) is 0 Å². The van der Waals surface area contributed by atoms with Crippen LogP contribution in [0.1, 0.15) is 15.9 Å². The van der Waals surface area contributed by atoms with E-state index in [1.807, 2.05) is 13.0 Å². The first-order valence-electron chi connectivity index (χ1n) is 4.99. The van der Waals surface area contributed by atoms with Crippen molar-refractivity contribution in [3.8, 4) is 5.75 Å². The minimum atomic E-state index is -0.834. The SMILES string of the molecule is COC(=O)C1COc2c(C)cccc2C1=O. The number of ether oxygens (including phenoxy) is 2. The van der Waals surface area contributed by atoms with Gasteiger partial charge in [0.1, 0.15) is 12.4 Å². The van der Waals surface area contributed by atoms with Crippen LogP contribution in [0.15, 0.2) is 18.2 Å². The Morgan fingerprint density at radius 1 is 1.50 bits per heavy atom. The highest BCUT2D eigenvalue weighted by Gasteiger charge is 2.35. The molecule has 2 rings (SSSR count). The summed E-state index contributed by atoms with van der Waals surface area (Å²) in [5.41, 5.74) is 1.36. The normalized spacial score (nSPS) is 18.6. The highest BCUT2D eigenvalue weighted by atomic mass is 16.5. The molecule has 0 spiro atoms. The molecule has 1 heterocycles. The van der Waals surface area contributed by atoms with Crippen LogP contribution in [0.2, 0.25) is 0 Å². The lowest BCUT2D eigenvalue weighted by Crippen LogP contribution is -2.35. The first kappa shape index (κ1) is 10.7. The molecule has 0 aliphatic carbocycles. The summed E-state index contributed by atoms with van der Waals surface area (Å²) in [6.07, 6.45) is 0. The molecule has 0 fully saturated rings. The largest absolute Gasteiger partial charge is 0.491 e. The summed E-state index contributed by atoms with van der Waals surface area (Å²) in [4.78, 5) is 23.3. The molecular weight excluding hydrogens is 208 g/mol. The zero-order chi connectivity index (χ0) is 11.7. The van der Waals surface area contributed by atoms with E-state index >= 15 is 0 Å². The maximum Gasteiger partial charge on any atom is 0.320 e. The summed E-state index contributed by atoms with van der Waals surface area (Å²) in [7, 11) is 1.27. The van der Waals surface area contributed by atoms with Gasteiger partial charge in [0.15, 0.2) is 11.7 Å². The highest BCUT2D eigenvalue weighted by Crippen LogP contribution is 2.30. The number of para-hydroxylation sites is 1. The molecule has 1 aromatic carbocycles. The molecule has 0 amide bonds. The molecule has 0 radical (unpaired) electrons. The topological polar surface area (TPSA) is 52.6 Å². The van der Waals surface area contributed by atoms with Crippen LogP contribution in [0, 0.1) is 12.8 Å². The smallest absolute Gasteiger partial charge is 0.320 e. The number of carbonyl (C=O) groups excluding carboxylic acids is 2. The molecule has 1 aliphatic heterocycles. The number of benzene rings is 1. The minimum absolute atomic E-state index is 0.0589. The molecule has 1 aliphatic rings. The Balaban J connectivity index is 2.40. The van der Waals surface area contributed by atoms with Crippen molar-refractivity contribution in [2.24, 2.45) is 5.92 Å². The number of hydrogen-bond acceptors (Lipinski definition) is 4. The Kier molecular flexibility index (Phi) is 2.64. The number of ketones is 1. The van der Waals surface area contributed by atoms with Crippen LogP contribution in [-0.2, 0) is 9.53 Å². The second-order valence-corrected chi connectivity index (χ2v) is 3.70. The van der Waals surface area contributed by atoms with Gasteiger partial charge in [0.2, 0.25) is 0 Å². The number of Topliss-reactive ketones (excluding diaryl/α,β-unsaturated/α-hetero) is 1. The lowest BCUT2D eigenvalue weighted by atomic mass is 9.93. The summed E-state index contributed by atoms with van der Waals surface area (Å²) in [5, 5.41) is 0. The Morgan fingerprint density at radius 3 is 2.94 bits per heavy atom. The minimum Gasteiger partial charge on any atom is -0.491 e. The van der Waals surface area contributed by atoms with Gasteiger partial charge in [-0.3, -0.25) is 9.59 Å². The van der Waals surface area contributed by atoms with Crippen molar-refractivity contribution in [2.45, 2.75) is 6.92 Å². The van der Waals surface area contributed by atoms with E-state index in [-0.39, 0.29) is 12.4 Å². The summed E-state index contributed by atoms with van der Waals surface area (Å²) in [6.45, 7) is 1.92. The molecule has 0 aromatic heterocycles. The van der Waals surface area contributed by atoms with Gasteiger partial charge in [-0.1, -0.05) is 12.1 Å². The number of esters is 1. The number of carbonyl (C=O) groups is 2. The third-order valence-corrected chi connectivity index (χ3v) is 2.67. The van der Waals surface area contributed by atoms with Gasteiger partial charge in [-0.15, -0.1) is 0 Å². The molecule has 4 nitrogen and oxygen atoms in total. The lowest BCUT2D eigenvalue weighted by molar-refractivity contribution is -0.144. The van der Waals surface area contributed by atoms with Crippen LogP contribution in [0.25, 0.3) is 0 Å². The molecule has 1 unspecified atom stereocenters. The Bertz CT molecular complexity index is 450. The quantitative estimate of drug-likeness (QED) is 0.529. The Labute approximate surface area is 93.2 Å². The van der Waals surface area contributed by atoms with Gasteiger partial charge >= 0.3 is 5.97 Å². The summed E-state index contributed by atoms with van der Waals surface area (Å²) in [6, 6.07) is 5.30. The van der Waals surface area contributed by atoms with E-state index in [0.717, 1.165) is 5.56 Å². The van der Waals surface area contributed by atoms with Gasteiger partial charge < -0.3 is 9.47 Å². The highest BCUT2D eigenvalue weighted by molar-refractivity contribution is 6.11. The zero-order valence-electron chi connectivity index (χ0n) is 9.15. The number of fused-ring (bicyclic) bond motifs is 1. The molecular formula is C12H12O4. The van der Waals surface area contributed by atoms with Crippen LogP contribution in [0.5, 0.6) is 5.75 Å². The molecule has 0 bridgehead atoms. The van der Waals surface area contributed by atoms with Crippen LogP contribution < -0.4 is 4.74 Å². The fourth-order valence-electron chi connectivity index (χ4n) is 1.79. The Hall–Kier alpha value is -1.84. The van der Waals surface area contributed by atoms with Gasteiger partial charge in [0.05, 0.1) is 12.7 Å². The molecule has 16 heavy (non-hydrogen) atoms. The number of rotatable bonds is 1. The molecule has 1 atom stereocenters. The predicted molar refractivity (Wildman–Crippen MR) is 56.5 cm³/mol. The predicted octanol–water partition coefficient (Wildman–Crippen LogP) is 1.36. The fourth-order valence-corrected chi connectivity index (χ4v) is 1.79. The van der Waals surface area contributed by atoms with Crippen molar-refractivity contribution in [3.63, 3.8) is 0 Å². The van der Waals surface area contributed by atoms with Crippen LogP contribution >= 0.6 is 0 Å². The Morgan fingerprint density at radius 2 is 2.25 bits per heavy atom. The van der Waals surface area contributed by atoms with Crippen molar-refractivity contribution >= 4 is 11.8 Å². The van der Waals surface area contributed by atoms with Crippen molar-refractivity contribution in [2.75, 3.05) is 13.7 Å². The van der Waals surface area contributed by atoms with Crippen molar-refractivity contribution in [1.82, 2.24) is 0 Å². The average Bonchev–Trinajstić information content (AvgIpc) is 2.30. The lowest BCUT2D eigenvalue weighted by Gasteiger charge is -2.23. The zero-order valence-corrected chi connectivity index (χ0v) is 9.15. The number of hydrogen-bond donors (Lipinski definition) is 0. The molecule has 0 saturated heterocycles. The fraction of sp³-hybridized carbons (Fsp3) is 0.333. The van der Waals surface area contributed by atoms with E-state index in [4.69, 9.17) is 4.74 Å². The van der Waals surface area contributed by atoms with E-state index in [1.54, 1.807) is 12.1 Å². The third kappa shape index (κ3) is 1.56. The maximum atomic E-state index is 12.0. The van der Waals surface area contributed by atoms with Gasteiger partial charge in [0, 0.05) is 0 Å². The van der Waals surface area contributed by atoms with Crippen LogP contribution in [0.3, 0.4) is 0 Å². The second-order valence-electron chi connectivity index (χ2n) is 3.70. The van der Waals surface area contributed by atoms with E-state index in [0.29, 0.717) is 11.3 Å². The van der Waals surface area contributed by atoms with E-state index in [9.17, 15) is 9.59 Å². The van der Waals surface area contributed by atoms with Gasteiger partial charge in [-0.05, 0) is 18.6 Å². The van der Waals surface area contributed by atoms with E-state index < -0.39 is 11.9 Å². The number of methoxy groups -OCH3 is 1. The van der Waals surface area contributed by atoms with Crippen molar-refractivity contribution < 1.29 is 19.1 Å². The van der Waals surface area contributed by atoms with Gasteiger partial charge in [-0.2, -0.15) is 0 Å². The molecule has 0 saturated carbocycles. The molecule has 1 aromatic rings. The summed E-state index contributed by atoms with van der Waals surface area (Å²) >= 11 is 0. The number of aryl methyl sites for hydroxylation is 1. The van der Waals surface area contributed by atoms with Crippen molar-refractivity contribution in [3.05, 3.63) is 29.3 Å². The van der Waals surface area contributed by atoms with Crippen LogP contribution in [-0.4, -0.2) is 25.5 Å². The third-order valence-electron chi connectivity index (χ3n) is 2.67.